The van der Waals surface area contributed by atoms with Crippen molar-refractivity contribution >= 4 is 17.4 Å². The molecule has 138 valence electrons. The normalized spacial score (nSPS) is 23.7. The molecule has 2 heterocycles. The van der Waals surface area contributed by atoms with Gasteiger partial charge in [-0.1, -0.05) is 38.8 Å². The first kappa shape index (κ1) is 18.4. The lowest BCUT2D eigenvalue weighted by molar-refractivity contribution is 0.0338. The van der Waals surface area contributed by atoms with E-state index in [1.807, 2.05) is 12.1 Å². The fourth-order valence-electron chi connectivity index (χ4n) is 4.39. The van der Waals surface area contributed by atoms with Crippen LogP contribution in [0, 0.1) is 0 Å². The molecule has 2 aliphatic heterocycles. The van der Waals surface area contributed by atoms with E-state index in [9.17, 15) is 4.79 Å². The summed E-state index contributed by atoms with van der Waals surface area (Å²) in [4.78, 5) is 15.7. The third-order valence-electron chi connectivity index (χ3n) is 5.68. The minimum absolute atomic E-state index is 0.154. The quantitative estimate of drug-likeness (QED) is 0.727. The molecule has 0 bridgehead atoms. The summed E-state index contributed by atoms with van der Waals surface area (Å²) in [6.07, 6.45) is 4.38. The van der Waals surface area contributed by atoms with Crippen LogP contribution in [0.5, 0.6) is 0 Å². The van der Waals surface area contributed by atoms with Gasteiger partial charge in [0.15, 0.2) is 5.69 Å². The highest BCUT2D eigenvalue weighted by atomic mass is 16.5. The monoisotopic (exact) mass is 346 g/mol. The van der Waals surface area contributed by atoms with E-state index in [-0.39, 0.29) is 6.03 Å². The maximum absolute atomic E-state index is 13.2. The molecule has 0 saturated carbocycles. The van der Waals surface area contributed by atoms with Gasteiger partial charge in [-0.3, -0.25) is 10.2 Å². The molecule has 0 aliphatic carbocycles. The van der Waals surface area contributed by atoms with Gasteiger partial charge in [-0.25, -0.2) is 9.28 Å². The van der Waals surface area contributed by atoms with Crippen LogP contribution < -0.4 is 9.80 Å². The summed E-state index contributed by atoms with van der Waals surface area (Å²) in [5.41, 5.74) is 2.15. The van der Waals surface area contributed by atoms with Gasteiger partial charge in [-0.15, -0.1) is 0 Å². The van der Waals surface area contributed by atoms with Crippen LogP contribution in [-0.2, 0) is 4.74 Å². The summed E-state index contributed by atoms with van der Waals surface area (Å²) in [6, 6.07) is 8.76. The van der Waals surface area contributed by atoms with E-state index in [2.05, 4.69) is 36.2 Å². The summed E-state index contributed by atoms with van der Waals surface area (Å²) in [5.74, 6) is 0. The van der Waals surface area contributed by atoms with Crippen molar-refractivity contribution in [3.8, 4) is 0 Å². The second-order valence-electron chi connectivity index (χ2n) is 7.22. The lowest BCUT2D eigenvalue weighted by Gasteiger charge is -2.40. The largest absolute Gasteiger partial charge is 0.426 e. The minimum Gasteiger partial charge on any atom is -0.379 e. The smallest absolute Gasteiger partial charge is 0.379 e. The SMILES string of the molecule is CCCC(CCC)[N+]1(CCN2CCOCC2)C(=O)Nc2ccccc21. The Morgan fingerprint density at radius 1 is 1.16 bits per heavy atom. The highest BCUT2D eigenvalue weighted by molar-refractivity contribution is 6.08. The Kier molecular flexibility index (Phi) is 6.10. The van der Waals surface area contributed by atoms with Crippen LogP contribution in [0.3, 0.4) is 0 Å². The number of ether oxygens (including phenoxy) is 1. The number of rotatable bonds is 8. The summed E-state index contributed by atoms with van der Waals surface area (Å²) in [6.45, 7) is 9.77. The average Bonchev–Trinajstić information content (AvgIpc) is 2.93. The van der Waals surface area contributed by atoms with Gasteiger partial charge >= 0.3 is 6.03 Å². The van der Waals surface area contributed by atoms with E-state index >= 15 is 0 Å². The molecule has 5 heteroatoms. The zero-order chi connectivity index (χ0) is 17.7. The van der Waals surface area contributed by atoms with Gasteiger partial charge in [0.25, 0.3) is 0 Å². The zero-order valence-corrected chi connectivity index (χ0v) is 15.7. The van der Waals surface area contributed by atoms with Crippen molar-refractivity contribution in [2.24, 2.45) is 0 Å². The first-order valence-electron chi connectivity index (χ1n) is 9.81. The Bertz CT molecular complexity index is 580. The van der Waals surface area contributed by atoms with Crippen molar-refractivity contribution < 1.29 is 9.53 Å². The number of carbonyl (C=O) groups is 1. The number of hydrogen-bond donors (Lipinski definition) is 1. The lowest BCUT2D eigenvalue weighted by Crippen LogP contribution is -2.62. The Morgan fingerprint density at radius 2 is 1.84 bits per heavy atom. The number of morpholine rings is 1. The molecule has 1 aromatic rings. The Hall–Kier alpha value is -1.43. The molecule has 1 unspecified atom stereocenters. The van der Waals surface area contributed by atoms with Gasteiger partial charge in [-0.05, 0) is 6.07 Å². The number of urea groups is 1. The number of fused-ring (bicyclic) bond motifs is 1. The first-order valence-corrected chi connectivity index (χ1v) is 9.81. The molecular formula is C20H32N3O2+. The van der Waals surface area contributed by atoms with Crippen molar-refractivity contribution in [2.75, 3.05) is 44.7 Å². The van der Waals surface area contributed by atoms with Gasteiger partial charge in [0.05, 0.1) is 13.2 Å². The number of carbonyl (C=O) groups excluding carboxylic acids is 1. The van der Waals surface area contributed by atoms with E-state index < -0.39 is 0 Å². The van der Waals surface area contributed by atoms with Gasteiger partial charge in [-0.2, -0.15) is 0 Å². The Balaban J connectivity index is 1.91. The molecule has 1 N–H and O–H groups in total. The fourth-order valence-corrected chi connectivity index (χ4v) is 4.39. The second kappa shape index (κ2) is 8.30. The number of para-hydroxylation sites is 2. The standard InChI is InChI=1S/C20H31N3O2/c1-3-7-17(8-4-2)23(14-11-22-12-15-25-16-13-22)19-10-6-5-9-18(19)21-20(23)24/h5-6,9-10,17H,3-4,7-8,11-16H2,1-2H3/p+1. The molecule has 0 radical (unpaired) electrons. The number of nitrogens with one attached hydrogen (secondary N) is 1. The predicted molar refractivity (Wildman–Crippen MR) is 103 cm³/mol. The van der Waals surface area contributed by atoms with E-state index in [4.69, 9.17) is 4.74 Å². The van der Waals surface area contributed by atoms with Crippen molar-refractivity contribution in [1.82, 2.24) is 9.38 Å². The van der Waals surface area contributed by atoms with Crippen LogP contribution in [0.2, 0.25) is 0 Å². The number of benzene rings is 1. The number of hydrogen-bond acceptors (Lipinski definition) is 3. The van der Waals surface area contributed by atoms with E-state index in [1.165, 1.54) is 0 Å². The summed E-state index contributed by atoms with van der Waals surface area (Å²) < 4.78 is 5.94. The molecule has 0 aromatic heterocycles. The van der Waals surface area contributed by atoms with Crippen molar-refractivity contribution in [3.05, 3.63) is 24.3 Å². The van der Waals surface area contributed by atoms with Gasteiger partial charge in [0.2, 0.25) is 0 Å². The number of anilines is 1. The zero-order valence-electron chi connectivity index (χ0n) is 15.7. The Labute approximate surface area is 151 Å². The van der Waals surface area contributed by atoms with Crippen LogP contribution in [0.25, 0.3) is 0 Å². The van der Waals surface area contributed by atoms with Crippen molar-refractivity contribution in [1.29, 1.82) is 0 Å². The summed E-state index contributed by atoms with van der Waals surface area (Å²) in [5, 5.41) is 3.16. The summed E-state index contributed by atoms with van der Waals surface area (Å²) in [7, 11) is 0. The molecule has 1 saturated heterocycles. The highest BCUT2D eigenvalue weighted by Gasteiger charge is 2.51. The van der Waals surface area contributed by atoms with E-state index in [0.717, 1.165) is 76.5 Å². The molecule has 1 fully saturated rings. The number of quaternary nitrogens is 1. The average molecular weight is 346 g/mol. The van der Waals surface area contributed by atoms with Crippen LogP contribution in [-0.4, -0.2) is 56.4 Å². The highest BCUT2D eigenvalue weighted by Crippen LogP contribution is 2.42. The minimum atomic E-state index is 0.154. The number of nitrogens with zero attached hydrogens (tertiary/aromatic N) is 2. The predicted octanol–water partition coefficient (Wildman–Crippen LogP) is 3.84. The number of amides is 2. The maximum Gasteiger partial charge on any atom is 0.426 e. The Morgan fingerprint density at radius 3 is 2.52 bits per heavy atom. The van der Waals surface area contributed by atoms with Crippen LogP contribution >= 0.6 is 0 Å². The lowest BCUT2D eigenvalue weighted by atomic mass is 10.0. The molecule has 2 aliphatic rings. The van der Waals surface area contributed by atoms with Gasteiger partial charge in [0, 0.05) is 38.5 Å². The third kappa shape index (κ3) is 3.59. The van der Waals surface area contributed by atoms with E-state index in [1.54, 1.807) is 0 Å². The second-order valence-corrected chi connectivity index (χ2v) is 7.22. The fraction of sp³-hybridized carbons (Fsp3) is 0.650. The topological polar surface area (TPSA) is 41.6 Å². The molecule has 2 amide bonds. The summed E-state index contributed by atoms with van der Waals surface area (Å²) >= 11 is 0. The van der Waals surface area contributed by atoms with Gasteiger partial charge in [0.1, 0.15) is 18.3 Å². The van der Waals surface area contributed by atoms with Crippen molar-refractivity contribution in [3.63, 3.8) is 0 Å². The van der Waals surface area contributed by atoms with Gasteiger partial charge < -0.3 is 4.74 Å². The van der Waals surface area contributed by atoms with Crippen molar-refractivity contribution in [2.45, 2.75) is 45.6 Å². The molecule has 1 aromatic carbocycles. The molecule has 0 spiro atoms. The molecule has 1 atom stereocenters. The third-order valence-corrected chi connectivity index (χ3v) is 5.68. The van der Waals surface area contributed by atoms with E-state index in [0.29, 0.717) is 10.5 Å². The van der Waals surface area contributed by atoms with Crippen LogP contribution in [0.4, 0.5) is 16.2 Å². The molecule has 25 heavy (non-hydrogen) atoms. The molecule has 3 rings (SSSR count). The molecular weight excluding hydrogens is 314 g/mol. The van der Waals surface area contributed by atoms with Crippen LogP contribution in [0.1, 0.15) is 39.5 Å². The maximum atomic E-state index is 13.2. The first-order chi connectivity index (χ1) is 12.2. The molecule has 5 nitrogen and oxygen atoms in total. The van der Waals surface area contributed by atoms with Crippen LogP contribution in [0.15, 0.2) is 24.3 Å².